The van der Waals surface area contributed by atoms with E-state index in [0.29, 0.717) is 16.7 Å². The van der Waals surface area contributed by atoms with E-state index >= 15 is 4.79 Å². The number of hydrogen-bond acceptors (Lipinski definition) is 14. The molecule has 3 fully saturated rings. The maximum absolute atomic E-state index is 15.8. The number of hydrogen-bond donors (Lipinski definition) is 3. The van der Waals surface area contributed by atoms with Gasteiger partial charge in [-0.05, 0) is 54.3 Å². The second-order valence-electron chi connectivity index (χ2n) is 18.4. The number of ether oxygens (including phenoxy) is 5. The number of fused-ring (bicyclic) bond motifs is 5. The summed E-state index contributed by atoms with van der Waals surface area (Å²) in [5.41, 5.74) is 1.82. The Bertz CT molecular complexity index is 2390. The molecule has 1 saturated heterocycles. The molecule has 1 aliphatic heterocycles. The van der Waals surface area contributed by atoms with Crippen molar-refractivity contribution >= 4 is 53.2 Å². The average molecular weight is 925 g/mol. The van der Waals surface area contributed by atoms with Gasteiger partial charge in [0.2, 0.25) is 5.91 Å². The summed E-state index contributed by atoms with van der Waals surface area (Å²) in [5.74, 6) is -6.99. The number of amides is 2. The monoisotopic (exact) mass is 924 g/mol. The Morgan fingerprint density at radius 1 is 0.833 bits per heavy atom. The molecular formula is C50H56N2O13S. The summed E-state index contributed by atoms with van der Waals surface area (Å²) < 4.78 is 31.2. The van der Waals surface area contributed by atoms with Crippen LogP contribution in [0.3, 0.4) is 0 Å². The summed E-state index contributed by atoms with van der Waals surface area (Å²) in [7, 11) is 0. The lowest BCUT2D eigenvalue weighted by molar-refractivity contribution is -0.227. The number of thioether (sulfide) groups is 1. The maximum atomic E-state index is 15.8. The number of nitrogens with two attached hydrogens (primary N) is 1. The quantitative estimate of drug-likeness (QED) is 0.113. The Kier molecular flexibility index (Phi) is 14.0. The van der Waals surface area contributed by atoms with E-state index in [4.69, 9.17) is 29.4 Å². The fourth-order valence-corrected chi connectivity index (χ4v) is 12.1. The van der Waals surface area contributed by atoms with Gasteiger partial charge < -0.3 is 39.8 Å². The van der Waals surface area contributed by atoms with E-state index < -0.39 is 112 Å². The summed E-state index contributed by atoms with van der Waals surface area (Å²) in [5, 5.41) is 16.2. The van der Waals surface area contributed by atoms with Gasteiger partial charge in [-0.1, -0.05) is 87.5 Å². The van der Waals surface area contributed by atoms with Crippen LogP contribution in [0.5, 0.6) is 0 Å². The van der Waals surface area contributed by atoms with Gasteiger partial charge in [0, 0.05) is 53.7 Å². The van der Waals surface area contributed by atoms with Crippen molar-refractivity contribution in [2.75, 3.05) is 12.4 Å². The summed E-state index contributed by atoms with van der Waals surface area (Å²) in [4.78, 5) is 96.3. The molecule has 7 rings (SSSR count). The highest BCUT2D eigenvalue weighted by atomic mass is 32.2. The van der Waals surface area contributed by atoms with E-state index in [2.05, 4.69) is 5.32 Å². The molecule has 11 atom stereocenters. The number of aliphatic hydroxyl groups is 1. The normalized spacial score (nSPS) is 30.3. The summed E-state index contributed by atoms with van der Waals surface area (Å²) >= 11 is 1.17. The van der Waals surface area contributed by atoms with E-state index in [-0.39, 0.29) is 42.8 Å². The molecule has 2 unspecified atom stereocenters. The Balaban J connectivity index is 1.38. The van der Waals surface area contributed by atoms with Crippen LogP contribution in [-0.4, -0.2) is 100 Å². The maximum Gasteiger partial charge on any atom is 0.338 e. The van der Waals surface area contributed by atoms with E-state index in [0.717, 1.165) is 6.92 Å². The molecule has 2 amide bonds. The lowest BCUT2D eigenvalue weighted by Crippen LogP contribution is -2.72. The number of ketones is 1. The number of nitrogens with one attached hydrogen (secondary N) is 1. The zero-order valence-electron chi connectivity index (χ0n) is 37.7. The average Bonchev–Trinajstić information content (AvgIpc) is 3.68. The summed E-state index contributed by atoms with van der Waals surface area (Å²) in [6, 6.07) is 24.6. The first-order chi connectivity index (χ1) is 31.3. The van der Waals surface area contributed by atoms with Gasteiger partial charge in [0.1, 0.15) is 23.9 Å². The minimum absolute atomic E-state index is 0.0175. The largest absolute Gasteiger partial charge is 0.460 e. The Hall–Kier alpha value is -5.84. The van der Waals surface area contributed by atoms with Crippen molar-refractivity contribution in [1.29, 1.82) is 0 Å². The first kappa shape index (κ1) is 48.1. The molecule has 2 bridgehead atoms. The zero-order valence-corrected chi connectivity index (χ0v) is 38.5. The lowest BCUT2D eigenvalue weighted by atomic mass is 9.46. The number of carbonyl (C=O) groups is 7. The molecule has 3 aromatic carbocycles. The van der Waals surface area contributed by atoms with Crippen molar-refractivity contribution in [2.45, 2.75) is 108 Å². The van der Waals surface area contributed by atoms with Gasteiger partial charge in [0.25, 0.3) is 5.91 Å². The minimum Gasteiger partial charge on any atom is -0.460 e. The van der Waals surface area contributed by atoms with Crippen LogP contribution < -0.4 is 11.1 Å². The molecule has 16 heteroatoms. The Labute approximate surface area is 387 Å². The van der Waals surface area contributed by atoms with Crippen LogP contribution in [0.15, 0.2) is 102 Å². The number of benzene rings is 3. The van der Waals surface area contributed by atoms with Crippen LogP contribution in [0.25, 0.3) is 0 Å². The molecule has 66 heavy (non-hydrogen) atoms. The molecular weight excluding hydrogens is 869 g/mol. The fourth-order valence-electron chi connectivity index (χ4n) is 10.8. The number of rotatable bonds is 13. The van der Waals surface area contributed by atoms with Crippen molar-refractivity contribution in [1.82, 2.24) is 5.32 Å². The third kappa shape index (κ3) is 9.27. The molecule has 15 nitrogen and oxygen atoms in total. The van der Waals surface area contributed by atoms with Crippen molar-refractivity contribution < 1.29 is 62.4 Å². The third-order valence-electron chi connectivity index (χ3n) is 13.9. The molecule has 0 spiro atoms. The van der Waals surface area contributed by atoms with Crippen LogP contribution in [0.4, 0.5) is 0 Å². The van der Waals surface area contributed by atoms with Gasteiger partial charge in [0.05, 0.1) is 36.5 Å². The predicted molar refractivity (Wildman–Crippen MR) is 240 cm³/mol. The molecule has 1 heterocycles. The van der Waals surface area contributed by atoms with Crippen LogP contribution >= 0.6 is 11.8 Å². The van der Waals surface area contributed by atoms with Crippen molar-refractivity contribution in [3.05, 3.63) is 119 Å². The van der Waals surface area contributed by atoms with E-state index in [1.807, 2.05) is 0 Å². The van der Waals surface area contributed by atoms with Crippen LogP contribution in [0.1, 0.15) is 93.1 Å². The van der Waals surface area contributed by atoms with Gasteiger partial charge in [-0.15, -0.1) is 11.8 Å². The highest BCUT2D eigenvalue weighted by Crippen LogP contribution is 2.63. The van der Waals surface area contributed by atoms with Gasteiger partial charge in [0.15, 0.2) is 11.9 Å². The molecule has 4 N–H and O–H groups in total. The lowest BCUT2D eigenvalue weighted by Gasteiger charge is -2.62. The zero-order chi connectivity index (χ0) is 47.7. The van der Waals surface area contributed by atoms with Gasteiger partial charge in [-0.2, -0.15) is 0 Å². The molecule has 0 aromatic heterocycles. The van der Waals surface area contributed by atoms with Crippen molar-refractivity contribution in [3.8, 4) is 0 Å². The van der Waals surface area contributed by atoms with Crippen molar-refractivity contribution in [3.63, 3.8) is 0 Å². The molecule has 3 aromatic rings. The van der Waals surface area contributed by atoms with Gasteiger partial charge >= 0.3 is 23.9 Å². The van der Waals surface area contributed by atoms with E-state index in [1.165, 1.54) is 18.7 Å². The van der Waals surface area contributed by atoms with Crippen LogP contribution in [0, 0.1) is 22.7 Å². The minimum atomic E-state index is -2.22. The summed E-state index contributed by atoms with van der Waals surface area (Å²) in [6.45, 7) is 8.87. The second kappa shape index (κ2) is 19.2. The molecule has 3 aliphatic carbocycles. The number of primary amides is 1. The smallest absolute Gasteiger partial charge is 0.338 e. The molecule has 0 radical (unpaired) electrons. The number of carbonyl (C=O) groups excluding carboxylic acids is 7. The molecule has 4 aliphatic rings. The third-order valence-corrected chi connectivity index (χ3v) is 15.2. The Morgan fingerprint density at radius 3 is 2.02 bits per heavy atom. The predicted octanol–water partition coefficient (Wildman–Crippen LogP) is 5.24. The Morgan fingerprint density at radius 2 is 1.42 bits per heavy atom. The van der Waals surface area contributed by atoms with E-state index in [1.54, 1.807) is 119 Å². The second-order valence-corrected chi connectivity index (χ2v) is 19.6. The topological polar surface area (TPSA) is 224 Å². The number of Topliss-reactive ketones (excluding diaryl/α,β-unsaturated/α-hetero) is 1. The summed E-state index contributed by atoms with van der Waals surface area (Å²) in [6.07, 6.45) is -7.11. The van der Waals surface area contributed by atoms with Crippen LogP contribution in [0.2, 0.25) is 0 Å². The highest BCUT2D eigenvalue weighted by Gasteiger charge is 2.72. The van der Waals surface area contributed by atoms with Gasteiger partial charge in [-0.25, -0.2) is 4.79 Å². The first-order valence-corrected chi connectivity index (χ1v) is 23.0. The SMILES string of the molecule is CC(=O)O[C@H]1C(=O)[C@]2(C)C[C@@H](SCC(N)=O)[C@H]3OC[C@H](OC(C)=O)C3C2[C@H](OC(=O)c2ccccc2)[C@]2(O)C[C@H](OC(=O)C[C@@H](NC(=O)c3ccccc3)c3ccccc3)C(C)=C1C2(C)C. The molecule has 2 saturated carbocycles. The first-order valence-electron chi connectivity index (χ1n) is 22.0. The van der Waals surface area contributed by atoms with Crippen molar-refractivity contribution in [2.24, 2.45) is 28.4 Å². The highest BCUT2D eigenvalue weighted by molar-refractivity contribution is 8.00. The van der Waals surface area contributed by atoms with E-state index in [9.17, 15) is 33.9 Å². The van der Waals surface area contributed by atoms with Crippen LogP contribution in [-0.2, 0) is 47.7 Å². The number of esters is 4. The van der Waals surface area contributed by atoms with Gasteiger partial charge in [-0.3, -0.25) is 28.8 Å². The molecule has 350 valence electrons. The standard InChI is InChI=1S/C50H56N2O13S/c1-27-34(64-38(56)22-33(30-16-10-7-11-17-30)52-46(58)31-18-12-8-13-19-31)23-50(60)45(65-47(59)32-20-14-9-15-21-32)41-39-35(62-28(2)53)25-61-42(39)36(66-26-37(51)55)24-49(41,6)44(57)43(63-29(3)54)40(27)48(50,4)5/h7-21,33-36,39,41-43,45,60H,22-26H2,1-6H3,(H2,51,55)(H,52,58)/t33-,34+,35+,36-,39?,41?,42-,43-,45+,49-,50-/m1/s1. The fraction of sp³-hybridized carbons (Fsp3) is 0.460.